The van der Waals surface area contributed by atoms with Crippen LogP contribution in [0.3, 0.4) is 0 Å². The second-order valence-corrected chi connectivity index (χ2v) is 2.81. The van der Waals surface area contributed by atoms with Crippen molar-refractivity contribution in [3.8, 4) is 0 Å². The molecule has 66 valence electrons. The van der Waals surface area contributed by atoms with Crippen LogP contribution in [0.4, 0.5) is 0 Å². The summed E-state index contributed by atoms with van der Waals surface area (Å²) in [5.41, 5.74) is 0. The van der Waals surface area contributed by atoms with Gasteiger partial charge in [0.25, 0.3) is 0 Å². The molecule has 1 aliphatic rings. The third-order valence-corrected chi connectivity index (χ3v) is 2.01. The van der Waals surface area contributed by atoms with Crippen LogP contribution in [-0.4, -0.2) is 41.9 Å². The lowest BCUT2D eigenvalue weighted by molar-refractivity contribution is -0.146. The molecule has 0 aromatic rings. The molecule has 0 aromatic carbocycles. The minimum Gasteiger partial charge on any atom is -0.388 e. The summed E-state index contributed by atoms with van der Waals surface area (Å²) in [6.07, 6.45) is -1.64. The fourth-order valence-electron chi connectivity index (χ4n) is 1.13. The Bertz CT molecular complexity index is 118. The lowest BCUT2D eigenvalue weighted by atomic mass is 10.1. The third-order valence-electron chi connectivity index (χ3n) is 2.01. The Morgan fingerprint density at radius 1 is 1.55 bits per heavy atom. The van der Waals surface area contributed by atoms with Crippen molar-refractivity contribution in [3.05, 3.63) is 0 Å². The zero-order chi connectivity index (χ0) is 8.43. The van der Waals surface area contributed by atoms with E-state index < -0.39 is 12.4 Å². The van der Waals surface area contributed by atoms with E-state index in [4.69, 9.17) is 19.7 Å². The van der Waals surface area contributed by atoms with Gasteiger partial charge in [-0.15, -0.1) is 0 Å². The van der Waals surface area contributed by atoms with E-state index in [1.807, 2.05) is 6.92 Å². The van der Waals surface area contributed by atoms with E-state index in [0.29, 0.717) is 6.42 Å². The molecule has 2 N–H and O–H groups in total. The molecule has 4 nitrogen and oxygen atoms in total. The molecule has 0 amide bonds. The van der Waals surface area contributed by atoms with Crippen LogP contribution in [0.15, 0.2) is 0 Å². The average Bonchev–Trinajstić information content (AvgIpc) is 2.31. The van der Waals surface area contributed by atoms with Crippen LogP contribution in [0.1, 0.15) is 13.3 Å². The minimum atomic E-state index is -1.04. The van der Waals surface area contributed by atoms with Gasteiger partial charge in [0.2, 0.25) is 0 Å². The first kappa shape index (κ1) is 8.93. The van der Waals surface area contributed by atoms with Crippen molar-refractivity contribution >= 4 is 0 Å². The van der Waals surface area contributed by atoms with Gasteiger partial charge in [-0.1, -0.05) is 0 Å². The van der Waals surface area contributed by atoms with E-state index in [-0.39, 0.29) is 12.2 Å². The molecule has 0 spiro atoms. The Balaban J connectivity index is 2.40. The first-order valence-electron chi connectivity index (χ1n) is 3.69. The van der Waals surface area contributed by atoms with Crippen molar-refractivity contribution in [3.63, 3.8) is 0 Å². The maximum Gasteiger partial charge on any atom is 0.181 e. The molecule has 4 heteroatoms. The first-order valence-corrected chi connectivity index (χ1v) is 3.69. The van der Waals surface area contributed by atoms with Crippen molar-refractivity contribution in [1.82, 2.24) is 0 Å². The summed E-state index contributed by atoms with van der Waals surface area (Å²) < 4.78 is 9.99. The fourth-order valence-corrected chi connectivity index (χ4v) is 1.13. The number of hydrogen-bond donors (Lipinski definition) is 2. The van der Waals surface area contributed by atoms with Crippen LogP contribution in [0, 0.1) is 0 Å². The zero-order valence-electron chi connectivity index (χ0n) is 6.73. The molecule has 1 unspecified atom stereocenters. The third kappa shape index (κ3) is 1.90. The van der Waals surface area contributed by atoms with Crippen LogP contribution in [0.25, 0.3) is 0 Å². The topological polar surface area (TPSA) is 58.9 Å². The number of rotatable bonds is 2. The van der Waals surface area contributed by atoms with Gasteiger partial charge in [0.1, 0.15) is 6.10 Å². The van der Waals surface area contributed by atoms with Gasteiger partial charge in [-0.3, -0.25) is 0 Å². The Morgan fingerprint density at radius 3 is 2.55 bits per heavy atom. The van der Waals surface area contributed by atoms with Crippen molar-refractivity contribution in [2.45, 2.75) is 37.9 Å². The molecule has 1 aliphatic heterocycles. The van der Waals surface area contributed by atoms with Crippen molar-refractivity contribution < 1.29 is 19.7 Å². The highest BCUT2D eigenvalue weighted by Gasteiger charge is 2.35. The Hall–Kier alpha value is -0.160. The Labute approximate surface area is 65.7 Å². The highest BCUT2D eigenvalue weighted by Crippen LogP contribution is 2.21. The molecule has 11 heavy (non-hydrogen) atoms. The molecular weight excluding hydrogens is 148 g/mol. The van der Waals surface area contributed by atoms with Gasteiger partial charge in [0, 0.05) is 13.5 Å². The number of hydrogen-bond acceptors (Lipinski definition) is 4. The van der Waals surface area contributed by atoms with Crippen LogP contribution < -0.4 is 0 Å². The molecule has 0 saturated carbocycles. The number of aliphatic hydroxyl groups excluding tert-OH is 2. The van der Waals surface area contributed by atoms with Gasteiger partial charge < -0.3 is 19.7 Å². The fraction of sp³-hybridized carbons (Fsp3) is 1.00. The molecule has 1 saturated heterocycles. The highest BCUT2D eigenvalue weighted by atomic mass is 16.6. The number of methoxy groups -OCH3 is 1. The van der Waals surface area contributed by atoms with Crippen LogP contribution in [0.5, 0.6) is 0 Å². The Morgan fingerprint density at radius 2 is 2.18 bits per heavy atom. The second kappa shape index (κ2) is 3.49. The summed E-state index contributed by atoms with van der Waals surface area (Å²) in [5.74, 6) is 0. The maximum atomic E-state index is 9.08. The van der Waals surface area contributed by atoms with Gasteiger partial charge in [-0.2, -0.15) is 0 Å². The van der Waals surface area contributed by atoms with E-state index in [1.165, 1.54) is 0 Å². The molecule has 0 aromatic heterocycles. The summed E-state index contributed by atoms with van der Waals surface area (Å²) in [6, 6.07) is 0. The zero-order valence-corrected chi connectivity index (χ0v) is 6.73. The summed E-state index contributed by atoms with van der Waals surface area (Å²) in [7, 11) is 1.57. The van der Waals surface area contributed by atoms with Gasteiger partial charge in [-0.05, 0) is 6.92 Å². The van der Waals surface area contributed by atoms with E-state index in [9.17, 15) is 0 Å². The molecular formula is C7H14O4. The largest absolute Gasteiger partial charge is 0.388 e. The van der Waals surface area contributed by atoms with E-state index >= 15 is 0 Å². The van der Waals surface area contributed by atoms with Crippen molar-refractivity contribution in [2.75, 3.05) is 7.11 Å². The molecule has 0 radical (unpaired) electrons. The summed E-state index contributed by atoms with van der Waals surface area (Å²) in [5, 5.41) is 18.1. The minimum absolute atomic E-state index is 0.0817. The predicted molar refractivity (Wildman–Crippen MR) is 38.0 cm³/mol. The quantitative estimate of drug-likeness (QED) is 0.574. The maximum absolute atomic E-state index is 9.08. The summed E-state index contributed by atoms with van der Waals surface area (Å²) >= 11 is 0. The number of ether oxygens (including phenoxy) is 2. The van der Waals surface area contributed by atoms with Gasteiger partial charge in [0.15, 0.2) is 6.29 Å². The van der Waals surface area contributed by atoms with E-state index in [2.05, 4.69) is 0 Å². The Kier molecular flexibility index (Phi) is 2.84. The molecule has 0 aliphatic carbocycles. The summed E-state index contributed by atoms with van der Waals surface area (Å²) in [6.45, 7) is 1.84. The second-order valence-electron chi connectivity index (χ2n) is 2.81. The normalized spacial score (nSPS) is 40.9. The molecule has 1 fully saturated rings. The summed E-state index contributed by atoms with van der Waals surface area (Å²) in [4.78, 5) is 0. The van der Waals surface area contributed by atoms with Crippen LogP contribution in [-0.2, 0) is 9.47 Å². The predicted octanol–water partition coefficient (Wildman–Crippen LogP) is -0.510. The molecule has 0 bridgehead atoms. The standard InChI is InChI=1S/C7H14O4/c1-4(10-2)6-3-5(8)7(9)11-6/h4-9H,3H2,1-2H3/t4-,5-,6-,7?/m1/s1. The van der Waals surface area contributed by atoms with Crippen molar-refractivity contribution in [1.29, 1.82) is 0 Å². The lowest BCUT2D eigenvalue weighted by Gasteiger charge is -2.16. The van der Waals surface area contributed by atoms with Gasteiger partial charge >= 0.3 is 0 Å². The first-order chi connectivity index (χ1) is 5.15. The van der Waals surface area contributed by atoms with Crippen LogP contribution >= 0.6 is 0 Å². The lowest BCUT2D eigenvalue weighted by Crippen LogP contribution is -2.25. The monoisotopic (exact) mass is 162 g/mol. The number of aliphatic hydroxyl groups is 2. The van der Waals surface area contributed by atoms with Gasteiger partial charge in [0.05, 0.1) is 12.2 Å². The average molecular weight is 162 g/mol. The molecule has 1 rings (SSSR count). The van der Waals surface area contributed by atoms with Crippen molar-refractivity contribution in [2.24, 2.45) is 0 Å². The van der Waals surface area contributed by atoms with E-state index in [0.717, 1.165) is 0 Å². The highest BCUT2D eigenvalue weighted by molar-refractivity contribution is 4.79. The smallest absolute Gasteiger partial charge is 0.181 e. The molecule has 1 heterocycles. The molecule has 4 atom stereocenters. The SMILES string of the molecule is CO[C@H](C)[C@H]1C[C@@H](O)C(O)O1. The van der Waals surface area contributed by atoms with Crippen LogP contribution in [0.2, 0.25) is 0 Å². The van der Waals surface area contributed by atoms with E-state index in [1.54, 1.807) is 7.11 Å². The van der Waals surface area contributed by atoms with Gasteiger partial charge in [-0.25, -0.2) is 0 Å².